The van der Waals surface area contributed by atoms with Crippen molar-refractivity contribution in [1.29, 1.82) is 0 Å². The molecule has 4 N–H and O–H groups in total. The molecule has 1 aromatic heterocycles. The molecule has 1 fully saturated rings. The molecule has 0 radical (unpaired) electrons. The number of nitrogens with one attached hydrogen (secondary N) is 2. The number of nitrogens with two attached hydrogens (primary N) is 1. The van der Waals surface area contributed by atoms with Crippen LogP contribution in [0.2, 0.25) is 0 Å². The summed E-state index contributed by atoms with van der Waals surface area (Å²) in [5.41, 5.74) is 0.220. The monoisotopic (exact) mass is 299 g/mol. The Morgan fingerprint density at radius 1 is 1.35 bits per heavy atom. The highest BCUT2D eigenvalue weighted by Crippen LogP contribution is 2.25. The fourth-order valence-electron chi connectivity index (χ4n) is 2.63. The molecule has 7 heteroatoms. The molecule has 1 aliphatic carbocycles. The van der Waals surface area contributed by atoms with Crippen molar-refractivity contribution >= 4 is 15.9 Å². The Morgan fingerprint density at radius 2 is 2.05 bits per heavy atom. The number of aromatic nitrogens is 1. The maximum Gasteiger partial charge on any atom is 0.267 e. The molecule has 1 amide bonds. The lowest BCUT2D eigenvalue weighted by molar-refractivity contribution is 0.0946. The third-order valence-electron chi connectivity index (χ3n) is 3.79. The van der Waals surface area contributed by atoms with Crippen LogP contribution in [0.5, 0.6) is 0 Å². The molecule has 1 aliphatic rings. The van der Waals surface area contributed by atoms with E-state index in [0.717, 1.165) is 6.42 Å². The number of primary sulfonamides is 1. The van der Waals surface area contributed by atoms with Crippen molar-refractivity contribution in [3.05, 3.63) is 18.0 Å². The number of hydrogen-bond donors (Lipinski definition) is 3. The molecular weight excluding hydrogens is 278 g/mol. The molecule has 0 unspecified atom stereocenters. The number of carbonyl (C=O) groups is 1. The van der Waals surface area contributed by atoms with E-state index in [-0.39, 0.29) is 16.5 Å². The smallest absolute Gasteiger partial charge is 0.267 e. The lowest BCUT2D eigenvalue weighted by Crippen LogP contribution is -2.26. The van der Waals surface area contributed by atoms with Crippen LogP contribution in [0.25, 0.3) is 0 Å². The molecule has 112 valence electrons. The summed E-state index contributed by atoms with van der Waals surface area (Å²) in [4.78, 5) is 14.4. The third-order valence-corrected chi connectivity index (χ3v) is 4.69. The first kappa shape index (κ1) is 15.1. The van der Waals surface area contributed by atoms with Crippen LogP contribution in [0.3, 0.4) is 0 Å². The van der Waals surface area contributed by atoms with Gasteiger partial charge in [-0.15, -0.1) is 0 Å². The van der Waals surface area contributed by atoms with Crippen LogP contribution in [0.1, 0.15) is 49.0 Å². The third kappa shape index (κ3) is 4.08. The fourth-order valence-corrected chi connectivity index (χ4v) is 3.14. The minimum atomic E-state index is -3.76. The van der Waals surface area contributed by atoms with Crippen LogP contribution in [-0.4, -0.2) is 25.9 Å². The lowest BCUT2D eigenvalue weighted by atomic mass is 9.87. The topological polar surface area (TPSA) is 105 Å². The van der Waals surface area contributed by atoms with Gasteiger partial charge in [-0.3, -0.25) is 4.79 Å². The Balaban J connectivity index is 1.81. The molecule has 0 aliphatic heterocycles. The van der Waals surface area contributed by atoms with Crippen molar-refractivity contribution < 1.29 is 13.2 Å². The van der Waals surface area contributed by atoms with Gasteiger partial charge < -0.3 is 10.3 Å². The maximum absolute atomic E-state index is 11.8. The Labute approximate surface area is 119 Å². The van der Waals surface area contributed by atoms with Gasteiger partial charge in [0.15, 0.2) is 0 Å². The van der Waals surface area contributed by atoms with Crippen molar-refractivity contribution in [2.45, 2.75) is 43.4 Å². The van der Waals surface area contributed by atoms with Crippen LogP contribution in [-0.2, 0) is 10.0 Å². The number of sulfonamides is 1. The quantitative estimate of drug-likeness (QED) is 0.764. The molecule has 6 nitrogen and oxygen atoms in total. The molecule has 0 spiro atoms. The van der Waals surface area contributed by atoms with E-state index in [2.05, 4.69) is 10.3 Å². The van der Waals surface area contributed by atoms with Gasteiger partial charge in [0.05, 0.1) is 4.90 Å². The first-order valence-corrected chi connectivity index (χ1v) is 8.51. The number of amides is 1. The summed E-state index contributed by atoms with van der Waals surface area (Å²) in [5.74, 6) is 0.406. The molecular formula is C13H21N3O3S. The minimum Gasteiger partial charge on any atom is -0.356 e. The SMILES string of the molecule is NS(=O)(=O)c1c[nH]c(C(=O)NCCC2CCCCC2)c1. The zero-order valence-electron chi connectivity index (χ0n) is 11.4. The zero-order valence-corrected chi connectivity index (χ0v) is 12.2. The molecule has 0 atom stereocenters. The van der Waals surface area contributed by atoms with Crippen molar-refractivity contribution in [3.63, 3.8) is 0 Å². The van der Waals surface area contributed by atoms with E-state index in [9.17, 15) is 13.2 Å². The van der Waals surface area contributed by atoms with Gasteiger partial charge in [-0.05, 0) is 18.4 Å². The van der Waals surface area contributed by atoms with E-state index in [1.165, 1.54) is 44.4 Å². The number of H-pyrrole nitrogens is 1. The molecule has 0 aromatic carbocycles. The number of carbonyl (C=O) groups excluding carboxylic acids is 1. The van der Waals surface area contributed by atoms with Crippen LogP contribution in [0.4, 0.5) is 0 Å². The van der Waals surface area contributed by atoms with Gasteiger partial charge in [0, 0.05) is 12.7 Å². The maximum atomic E-state index is 11.8. The first-order chi connectivity index (χ1) is 9.47. The highest BCUT2D eigenvalue weighted by atomic mass is 32.2. The van der Waals surface area contributed by atoms with Gasteiger partial charge in [-0.2, -0.15) is 0 Å². The van der Waals surface area contributed by atoms with Crippen LogP contribution in [0.15, 0.2) is 17.2 Å². The summed E-state index contributed by atoms with van der Waals surface area (Å²) in [6.07, 6.45) is 8.59. The zero-order chi connectivity index (χ0) is 14.6. The van der Waals surface area contributed by atoms with Gasteiger partial charge in [0.25, 0.3) is 5.91 Å². The van der Waals surface area contributed by atoms with Crippen LogP contribution < -0.4 is 10.5 Å². The summed E-state index contributed by atoms with van der Waals surface area (Å²) in [6.45, 7) is 0.618. The minimum absolute atomic E-state index is 0.0741. The summed E-state index contributed by atoms with van der Waals surface area (Å²) in [6, 6.07) is 1.26. The summed E-state index contributed by atoms with van der Waals surface area (Å²) in [5, 5.41) is 7.79. The second-order valence-electron chi connectivity index (χ2n) is 5.34. The van der Waals surface area contributed by atoms with Gasteiger partial charge in [-0.1, -0.05) is 32.1 Å². The van der Waals surface area contributed by atoms with E-state index in [1.54, 1.807) is 0 Å². The van der Waals surface area contributed by atoms with E-state index >= 15 is 0 Å². The summed E-state index contributed by atoms with van der Waals surface area (Å²) in [7, 11) is -3.76. The largest absolute Gasteiger partial charge is 0.356 e. The van der Waals surface area contributed by atoms with Crippen molar-refractivity contribution in [2.75, 3.05) is 6.54 Å². The van der Waals surface area contributed by atoms with Gasteiger partial charge in [0.2, 0.25) is 10.0 Å². The van der Waals surface area contributed by atoms with Crippen LogP contribution in [0, 0.1) is 5.92 Å². The highest BCUT2D eigenvalue weighted by Gasteiger charge is 2.16. The van der Waals surface area contributed by atoms with E-state index < -0.39 is 10.0 Å². The van der Waals surface area contributed by atoms with Gasteiger partial charge >= 0.3 is 0 Å². The van der Waals surface area contributed by atoms with E-state index in [0.29, 0.717) is 12.5 Å². The van der Waals surface area contributed by atoms with E-state index in [4.69, 9.17) is 5.14 Å². The van der Waals surface area contributed by atoms with Crippen molar-refractivity contribution in [3.8, 4) is 0 Å². The normalized spacial score (nSPS) is 17.1. The second-order valence-corrected chi connectivity index (χ2v) is 6.90. The van der Waals surface area contributed by atoms with Gasteiger partial charge in [0.1, 0.15) is 5.69 Å². The average Bonchev–Trinajstić information content (AvgIpc) is 2.89. The Bertz CT molecular complexity index is 559. The summed E-state index contributed by atoms with van der Waals surface area (Å²) >= 11 is 0. The average molecular weight is 299 g/mol. The predicted molar refractivity (Wildman–Crippen MR) is 75.7 cm³/mol. The molecule has 1 heterocycles. The lowest BCUT2D eigenvalue weighted by Gasteiger charge is -2.21. The number of hydrogen-bond acceptors (Lipinski definition) is 3. The van der Waals surface area contributed by atoms with E-state index in [1.807, 2.05) is 0 Å². The van der Waals surface area contributed by atoms with Gasteiger partial charge in [-0.25, -0.2) is 13.6 Å². The Kier molecular flexibility index (Phi) is 4.82. The number of rotatable bonds is 5. The standard InChI is InChI=1S/C13H21N3O3S/c14-20(18,19)11-8-12(16-9-11)13(17)15-7-6-10-4-2-1-3-5-10/h8-10,16H,1-7H2,(H,15,17)(H2,14,18,19). The predicted octanol–water partition coefficient (Wildman–Crippen LogP) is 1.36. The van der Waals surface area contributed by atoms with Crippen molar-refractivity contribution in [2.24, 2.45) is 11.1 Å². The fraction of sp³-hybridized carbons (Fsp3) is 0.615. The van der Waals surface area contributed by atoms with Crippen LogP contribution >= 0.6 is 0 Å². The molecule has 1 saturated carbocycles. The molecule has 2 rings (SSSR count). The molecule has 20 heavy (non-hydrogen) atoms. The summed E-state index contributed by atoms with van der Waals surface area (Å²) < 4.78 is 22.2. The molecule has 0 saturated heterocycles. The first-order valence-electron chi connectivity index (χ1n) is 6.96. The Hall–Kier alpha value is -1.34. The molecule has 1 aromatic rings. The van der Waals surface area contributed by atoms with Crippen molar-refractivity contribution in [1.82, 2.24) is 10.3 Å². The number of aromatic amines is 1. The Morgan fingerprint density at radius 3 is 2.65 bits per heavy atom. The highest BCUT2D eigenvalue weighted by molar-refractivity contribution is 7.89. The second kappa shape index (κ2) is 6.41. The molecule has 0 bridgehead atoms.